The third-order valence-electron chi connectivity index (χ3n) is 1.20. The summed E-state index contributed by atoms with van der Waals surface area (Å²) in [5.74, 6) is 4.66. The Morgan fingerprint density at radius 1 is 0.778 bits per heavy atom. The Morgan fingerprint density at radius 3 is 1.56 bits per heavy atom. The zero-order valence-corrected chi connectivity index (χ0v) is 9.78. The summed E-state index contributed by atoms with van der Waals surface area (Å²) in [4.78, 5) is 0. The average molecular weight is 258 g/mol. The van der Waals surface area contributed by atoms with Crippen LogP contribution in [0.4, 0.5) is 0 Å². The molecule has 0 N–H and O–H groups in total. The quantitative estimate of drug-likeness (QED) is 0.507. The van der Waals surface area contributed by atoms with E-state index in [2.05, 4.69) is 11.6 Å². The van der Waals surface area contributed by atoms with Crippen molar-refractivity contribution in [2.75, 3.05) is 0 Å². The molecule has 0 aromatic rings. The maximum absolute atomic E-state index is 2.33. The first kappa shape index (κ1) is 10.0. The molecular weight excluding hydrogens is 242 g/mol. The van der Waals surface area contributed by atoms with Crippen LogP contribution in [-0.2, 0) is 0 Å². The van der Waals surface area contributed by atoms with Crippen molar-refractivity contribution in [3.8, 4) is 0 Å². The monoisotopic (exact) mass is 260 g/mol. The fraction of sp³-hybridized carbons (Fsp3) is 1.00. The van der Waals surface area contributed by atoms with E-state index in [1.54, 1.807) is 0 Å². The van der Waals surface area contributed by atoms with Gasteiger partial charge in [0.25, 0.3) is 0 Å². The van der Waals surface area contributed by atoms with E-state index in [-0.39, 0.29) is 0 Å². The van der Waals surface area contributed by atoms with Crippen molar-refractivity contribution in [1.29, 1.82) is 0 Å². The normalized spacial score (nSPS) is 10.0. The van der Waals surface area contributed by atoms with Gasteiger partial charge in [-0.25, -0.2) is 0 Å². The van der Waals surface area contributed by atoms with Gasteiger partial charge in [-0.15, -0.1) is 0 Å². The Kier molecular flexibility index (Phi) is 10.1. The molecule has 9 heavy (non-hydrogen) atoms. The Balaban J connectivity index is 2.60. The van der Waals surface area contributed by atoms with Gasteiger partial charge in [-0.05, 0) is 0 Å². The van der Waals surface area contributed by atoms with Crippen LogP contribution in [0.3, 0.4) is 0 Å². The summed E-state index contributed by atoms with van der Waals surface area (Å²) in [5.41, 5.74) is 0. The van der Waals surface area contributed by atoms with E-state index in [9.17, 15) is 0 Å². The van der Waals surface area contributed by atoms with Crippen LogP contribution >= 0.6 is 0 Å². The number of unbranched alkanes of at least 4 members (excludes halogenated alkanes) is 2. The third-order valence-corrected chi connectivity index (χ3v) is 4.12. The summed E-state index contributed by atoms with van der Waals surface area (Å²) in [6.45, 7) is 0. The second-order valence-electron chi connectivity index (χ2n) is 2.05. The van der Waals surface area contributed by atoms with Gasteiger partial charge in [-0.3, -0.25) is 0 Å². The van der Waals surface area contributed by atoms with E-state index in [1.807, 2.05) is 0 Å². The van der Waals surface area contributed by atoms with E-state index in [1.165, 1.54) is 29.9 Å². The minimum atomic E-state index is 0.928. The molecule has 0 fully saturated rings. The summed E-state index contributed by atoms with van der Waals surface area (Å²) < 4.78 is 0. The molecule has 0 spiro atoms. The molecule has 0 aliphatic heterocycles. The molecule has 0 atom stereocenters. The van der Waals surface area contributed by atoms with Crippen LogP contribution in [-0.4, -0.2) is 29.9 Å². The fourth-order valence-electron chi connectivity index (χ4n) is 0.670. The summed E-state index contributed by atoms with van der Waals surface area (Å²) in [7, 11) is 0. The zero-order valence-electron chi connectivity index (χ0n) is 6.35. The van der Waals surface area contributed by atoms with Crippen LogP contribution in [0.15, 0.2) is 0 Å². The Hall–Kier alpha value is 1.04. The predicted molar refractivity (Wildman–Crippen MR) is 46.7 cm³/mol. The molecule has 2 heteroatoms. The van der Waals surface area contributed by atoms with Crippen molar-refractivity contribution >= 4 is 29.9 Å². The maximum atomic E-state index is 2.33. The first-order valence-electron chi connectivity index (χ1n) is 3.39. The van der Waals surface area contributed by atoms with Gasteiger partial charge in [0.05, 0.1) is 0 Å². The van der Waals surface area contributed by atoms with E-state index >= 15 is 0 Å². The Morgan fingerprint density at radius 2 is 1.22 bits per heavy atom. The van der Waals surface area contributed by atoms with Crippen molar-refractivity contribution in [3.05, 3.63) is 0 Å². The van der Waals surface area contributed by atoms with Crippen LogP contribution in [0.2, 0.25) is 22.3 Å². The van der Waals surface area contributed by atoms with Gasteiger partial charge in [-0.1, -0.05) is 0 Å². The average Bonchev–Trinajstić information content (AvgIpc) is 1.89. The van der Waals surface area contributed by atoms with Crippen molar-refractivity contribution in [2.45, 2.75) is 41.5 Å². The van der Waals surface area contributed by atoms with Gasteiger partial charge in [0.1, 0.15) is 0 Å². The molecule has 0 amide bonds. The molecule has 0 aromatic heterocycles. The molecule has 0 rings (SSSR count). The number of rotatable bonds is 6. The first-order chi connectivity index (χ1) is 4.41. The molecule has 0 aromatic carbocycles. The second kappa shape index (κ2) is 9.04. The van der Waals surface area contributed by atoms with Crippen LogP contribution in [0, 0.1) is 0 Å². The van der Waals surface area contributed by atoms with Crippen molar-refractivity contribution in [1.82, 2.24) is 0 Å². The van der Waals surface area contributed by atoms with E-state index in [4.69, 9.17) is 0 Å². The summed E-state index contributed by atoms with van der Waals surface area (Å²) in [5, 5.41) is 3.01. The van der Waals surface area contributed by atoms with E-state index in [0.29, 0.717) is 0 Å². The fourth-order valence-corrected chi connectivity index (χ4v) is 2.74. The van der Waals surface area contributed by atoms with E-state index < -0.39 is 0 Å². The molecule has 0 heterocycles. The Bertz CT molecular complexity index is 40.2. The second-order valence-corrected chi connectivity index (χ2v) is 6.18. The zero-order chi connectivity index (χ0) is 6.95. The van der Waals surface area contributed by atoms with Crippen molar-refractivity contribution in [3.63, 3.8) is 0 Å². The SMILES string of the molecule is C[Se]CCCCC[Se]C. The molecule has 0 aliphatic carbocycles. The van der Waals surface area contributed by atoms with Gasteiger partial charge in [0.15, 0.2) is 0 Å². The van der Waals surface area contributed by atoms with Crippen LogP contribution < -0.4 is 0 Å². The first-order valence-corrected chi connectivity index (χ1v) is 9.24. The summed E-state index contributed by atoms with van der Waals surface area (Å²) in [6.07, 6.45) is 4.48. The molecule has 0 saturated heterocycles. The molecule has 0 radical (unpaired) electrons. The summed E-state index contributed by atoms with van der Waals surface area (Å²) >= 11 is 1.86. The van der Waals surface area contributed by atoms with Gasteiger partial charge in [0, 0.05) is 0 Å². The van der Waals surface area contributed by atoms with Gasteiger partial charge in [-0.2, -0.15) is 0 Å². The van der Waals surface area contributed by atoms with Crippen molar-refractivity contribution < 1.29 is 0 Å². The van der Waals surface area contributed by atoms with Gasteiger partial charge in [0.2, 0.25) is 0 Å². The number of hydrogen-bond acceptors (Lipinski definition) is 0. The van der Waals surface area contributed by atoms with Crippen LogP contribution in [0.25, 0.3) is 0 Å². The van der Waals surface area contributed by atoms with Crippen molar-refractivity contribution in [2.24, 2.45) is 0 Å². The summed E-state index contributed by atoms with van der Waals surface area (Å²) in [6, 6.07) is 0. The van der Waals surface area contributed by atoms with Crippen LogP contribution in [0.1, 0.15) is 19.3 Å². The number of hydrogen-bond donors (Lipinski definition) is 0. The molecule has 0 aliphatic rings. The Labute approximate surface area is 71.5 Å². The molecule has 0 unspecified atom stereocenters. The third kappa shape index (κ3) is 9.04. The van der Waals surface area contributed by atoms with Crippen LogP contribution in [0.5, 0.6) is 0 Å². The predicted octanol–water partition coefficient (Wildman–Crippen LogP) is 2.50. The molecule has 0 saturated carbocycles. The topological polar surface area (TPSA) is 0 Å². The van der Waals surface area contributed by atoms with E-state index in [0.717, 1.165) is 29.9 Å². The van der Waals surface area contributed by atoms with Gasteiger partial charge < -0.3 is 0 Å². The standard InChI is InChI=1S/C7H16Se2/c1-8-6-4-3-5-7-9-2/h3-7H2,1-2H3. The molecule has 0 bridgehead atoms. The molecule has 56 valence electrons. The van der Waals surface area contributed by atoms with Gasteiger partial charge >= 0.3 is 71.5 Å². The minimum absolute atomic E-state index is 0.928. The molecule has 0 nitrogen and oxygen atoms in total. The molecular formula is C7H16Se2.